The van der Waals surface area contributed by atoms with E-state index in [1.807, 2.05) is 12.1 Å². The first-order valence-corrected chi connectivity index (χ1v) is 5.33. The van der Waals surface area contributed by atoms with E-state index in [4.69, 9.17) is 9.84 Å². The lowest BCUT2D eigenvalue weighted by Crippen LogP contribution is -1.82. The first kappa shape index (κ1) is 12.0. The lowest BCUT2D eigenvalue weighted by Gasteiger charge is -1.97. The minimum Gasteiger partial charge on any atom is -0.505 e. The van der Waals surface area contributed by atoms with E-state index in [1.54, 1.807) is 25.3 Å². The SMILES string of the molecule is COc1ccc(C#Cc2ccc(O)c(F)c2)cc1. The summed E-state index contributed by atoms with van der Waals surface area (Å²) in [7, 11) is 1.60. The molecule has 0 spiro atoms. The average molecular weight is 242 g/mol. The maximum Gasteiger partial charge on any atom is 0.166 e. The van der Waals surface area contributed by atoms with Crippen LogP contribution in [0.2, 0.25) is 0 Å². The molecule has 0 aliphatic rings. The first-order valence-electron chi connectivity index (χ1n) is 5.33. The second-order valence-electron chi connectivity index (χ2n) is 3.64. The molecule has 2 aromatic carbocycles. The van der Waals surface area contributed by atoms with Gasteiger partial charge in [-0.25, -0.2) is 4.39 Å². The largest absolute Gasteiger partial charge is 0.505 e. The molecule has 1 N–H and O–H groups in total. The van der Waals surface area contributed by atoms with Crippen LogP contribution in [0.25, 0.3) is 0 Å². The zero-order valence-corrected chi connectivity index (χ0v) is 9.77. The molecule has 2 rings (SSSR count). The van der Waals surface area contributed by atoms with Crippen molar-refractivity contribution in [2.75, 3.05) is 7.11 Å². The first-order chi connectivity index (χ1) is 8.69. The highest BCUT2D eigenvalue weighted by molar-refractivity contribution is 5.45. The molecule has 0 heterocycles. The van der Waals surface area contributed by atoms with Crippen LogP contribution in [0.3, 0.4) is 0 Å². The molecule has 2 nitrogen and oxygen atoms in total. The van der Waals surface area contributed by atoms with Gasteiger partial charge in [0.1, 0.15) is 5.75 Å². The van der Waals surface area contributed by atoms with Crippen molar-refractivity contribution in [3.05, 3.63) is 59.4 Å². The van der Waals surface area contributed by atoms with Crippen LogP contribution in [0.1, 0.15) is 11.1 Å². The van der Waals surface area contributed by atoms with Crippen molar-refractivity contribution in [3.63, 3.8) is 0 Å². The zero-order valence-electron chi connectivity index (χ0n) is 9.77. The van der Waals surface area contributed by atoms with Crippen LogP contribution >= 0.6 is 0 Å². The Labute approximate surface area is 105 Å². The van der Waals surface area contributed by atoms with Gasteiger partial charge in [0, 0.05) is 11.1 Å². The fraction of sp³-hybridized carbons (Fsp3) is 0.0667. The van der Waals surface area contributed by atoms with E-state index >= 15 is 0 Å². The van der Waals surface area contributed by atoms with Crippen LogP contribution in [0.4, 0.5) is 4.39 Å². The fourth-order valence-corrected chi connectivity index (χ4v) is 1.40. The van der Waals surface area contributed by atoms with Crippen LogP contribution < -0.4 is 4.74 Å². The van der Waals surface area contributed by atoms with Gasteiger partial charge in [-0.05, 0) is 42.5 Å². The molecule has 0 fully saturated rings. The highest BCUT2D eigenvalue weighted by Gasteiger charge is 1.98. The van der Waals surface area contributed by atoms with E-state index in [9.17, 15) is 4.39 Å². The number of methoxy groups -OCH3 is 1. The van der Waals surface area contributed by atoms with Gasteiger partial charge in [0.15, 0.2) is 11.6 Å². The Morgan fingerprint density at radius 3 is 2.22 bits per heavy atom. The van der Waals surface area contributed by atoms with Gasteiger partial charge in [0.2, 0.25) is 0 Å². The van der Waals surface area contributed by atoms with Gasteiger partial charge in [-0.15, -0.1) is 0 Å². The third-order valence-corrected chi connectivity index (χ3v) is 2.39. The third-order valence-electron chi connectivity index (χ3n) is 2.39. The molecule has 0 saturated heterocycles. The molecule has 0 unspecified atom stereocenters. The Morgan fingerprint density at radius 2 is 1.61 bits per heavy atom. The quantitative estimate of drug-likeness (QED) is 0.779. The molecule has 0 aromatic heterocycles. The average Bonchev–Trinajstić information content (AvgIpc) is 2.41. The van der Waals surface area contributed by atoms with Crippen molar-refractivity contribution in [1.29, 1.82) is 0 Å². The number of phenolic OH excluding ortho intramolecular Hbond substituents is 1. The highest BCUT2D eigenvalue weighted by atomic mass is 19.1. The molecule has 90 valence electrons. The van der Waals surface area contributed by atoms with Gasteiger partial charge in [0.05, 0.1) is 7.11 Å². The van der Waals surface area contributed by atoms with Crippen molar-refractivity contribution in [1.82, 2.24) is 0 Å². The molecule has 0 aliphatic heterocycles. The van der Waals surface area contributed by atoms with Crippen LogP contribution in [0.15, 0.2) is 42.5 Å². The maximum absolute atomic E-state index is 13.1. The van der Waals surface area contributed by atoms with Crippen molar-refractivity contribution in [3.8, 4) is 23.3 Å². The number of benzene rings is 2. The van der Waals surface area contributed by atoms with Crippen molar-refractivity contribution < 1.29 is 14.2 Å². The second-order valence-corrected chi connectivity index (χ2v) is 3.64. The van der Waals surface area contributed by atoms with Crippen LogP contribution in [0, 0.1) is 17.7 Å². The minimum absolute atomic E-state index is 0.370. The van der Waals surface area contributed by atoms with E-state index < -0.39 is 5.82 Å². The molecular weight excluding hydrogens is 231 g/mol. The predicted octanol–water partition coefficient (Wildman–Crippen LogP) is 2.94. The normalized spacial score (nSPS) is 9.44. The van der Waals surface area contributed by atoms with E-state index in [1.165, 1.54) is 12.1 Å². The number of hydrogen-bond donors (Lipinski definition) is 1. The Bertz CT molecular complexity index is 607. The molecule has 0 atom stereocenters. The molecule has 0 amide bonds. The Balaban J connectivity index is 2.22. The van der Waals surface area contributed by atoms with Gasteiger partial charge in [0.25, 0.3) is 0 Å². The summed E-state index contributed by atoms with van der Waals surface area (Å²) in [6, 6.07) is 11.3. The molecule has 2 aromatic rings. The summed E-state index contributed by atoms with van der Waals surface area (Å²) in [5, 5.41) is 9.05. The van der Waals surface area contributed by atoms with Gasteiger partial charge in [-0.2, -0.15) is 0 Å². The van der Waals surface area contributed by atoms with Crippen molar-refractivity contribution >= 4 is 0 Å². The minimum atomic E-state index is -0.670. The molecular formula is C15H11FO2. The monoisotopic (exact) mass is 242 g/mol. The molecule has 0 saturated carbocycles. The van der Waals surface area contributed by atoms with E-state index in [2.05, 4.69) is 11.8 Å². The molecule has 3 heteroatoms. The smallest absolute Gasteiger partial charge is 0.166 e. The summed E-state index contributed by atoms with van der Waals surface area (Å²) < 4.78 is 18.1. The van der Waals surface area contributed by atoms with Gasteiger partial charge >= 0.3 is 0 Å². The number of phenols is 1. The predicted molar refractivity (Wildman–Crippen MR) is 67.0 cm³/mol. The van der Waals surface area contributed by atoms with Gasteiger partial charge < -0.3 is 9.84 Å². The highest BCUT2D eigenvalue weighted by Crippen LogP contribution is 2.15. The molecule has 0 bridgehead atoms. The topological polar surface area (TPSA) is 29.5 Å². The number of hydrogen-bond acceptors (Lipinski definition) is 2. The molecule has 0 aliphatic carbocycles. The summed E-state index contributed by atoms with van der Waals surface area (Å²) in [5.41, 5.74) is 1.32. The van der Waals surface area contributed by atoms with Crippen LogP contribution in [-0.4, -0.2) is 12.2 Å². The number of rotatable bonds is 1. The van der Waals surface area contributed by atoms with Crippen molar-refractivity contribution in [2.45, 2.75) is 0 Å². The summed E-state index contributed by atoms with van der Waals surface area (Å²) in [4.78, 5) is 0. The van der Waals surface area contributed by atoms with Crippen molar-refractivity contribution in [2.24, 2.45) is 0 Å². The number of ether oxygens (including phenoxy) is 1. The molecule has 0 radical (unpaired) electrons. The fourth-order valence-electron chi connectivity index (χ4n) is 1.40. The standard InChI is InChI=1S/C15H11FO2/c1-18-13-7-4-11(5-8-13)2-3-12-6-9-15(17)14(16)10-12/h4-10,17H,1H3. The lowest BCUT2D eigenvalue weighted by atomic mass is 10.1. The number of aromatic hydroxyl groups is 1. The number of halogens is 1. The summed E-state index contributed by atoms with van der Waals surface area (Å²) >= 11 is 0. The Morgan fingerprint density at radius 1 is 1.00 bits per heavy atom. The van der Waals surface area contributed by atoms with E-state index in [0.717, 1.165) is 11.3 Å². The molecule has 18 heavy (non-hydrogen) atoms. The van der Waals surface area contributed by atoms with E-state index in [-0.39, 0.29) is 5.75 Å². The lowest BCUT2D eigenvalue weighted by molar-refractivity contribution is 0.415. The van der Waals surface area contributed by atoms with E-state index in [0.29, 0.717) is 5.56 Å². The van der Waals surface area contributed by atoms with Gasteiger partial charge in [-0.3, -0.25) is 0 Å². The summed E-state index contributed by atoms with van der Waals surface area (Å²) in [5.74, 6) is 5.45. The maximum atomic E-state index is 13.1. The summed E-state index contributed by atoms with van der Waals surface area (Å²) in [6.07, 6.45) is 0. The third kappa shape index (κ3) is 2.80. The van der Waals surface area contributed by atoms with Crippen LogP contribution in [0.5, 0.6) is 11.5 Å². The summed E-state index contributed by atoms with van der Waals surface area (Å²) in [6.45, 7) is 0. The Hall–Kier alpha value is -2.47. The van der Waals surface area contributed by atoms with Crippen LogP contribution in [-0.2, 0) is 0 Å². The Kier molecular flexibility index (Phi) is 3.49. The zero-order chi connectivity index (χ0) is 13.0. The second kappa shape index (κ2) is 5.24. The van der Waals surface area contributed by atoms with Gasteiger partial charge in [-0.1, -0.05) is 11.8 Å².